The van der Waals surface area contributed by atoms with Crippen LogP contribution in [-0.4, -0.2) is 61.4 Å². The Labute approximate surface area is 269 Å². The number of rotatable bonds is 12. The van der Waals surface area contributed by atoms with Crippen LogP contribution in [0.2, 0.25) is 0 Å². The molecule has 0 bridgehead atoms. The molecule has 0 aromatic heterocycles. The molecule has 0 radical (unpaired) electrons. The predicted molar refractivity (Wildman–Crippen MR) is 167 cm³/mol. The molecule has 3 rings (SSSR count). The Kier molecular flexibility index (Phi) is 11.9. The van der Waals surface area contributed by atoms with Crippen molar-refractivity contribution in [2.45, 2.75) is 43.1 Å². The summed E-state index contributed by atoms with van der Waals surface area (Å²) in [4.78, 5) is 19.1. The fraction of sp³-hybridized carbons (Fsp3) is 0.290. The average molecular weight is 683 g/mol. The van der Waals surface area contributed by atoms with Crippen LogP contribution in [0.3, 0.4) is 0 Å². The Hall–Kier alpha value is -4.70. The third-order valence-corrected chi connectivity index (χ3v) is 8.96. The van der Waals surface area contributed by atoms with Crippen LogP contribution in [0.5, 0.6) is 5.75 Å². The van der Waals surface area contributed by atoms with Gasteiger partial charge in [-0.25, -0.2) is 22.2 Å². The molecule has 2 aromatic rings. The lowest BCUT2D eigenvalue weighted by atomic mass is 10.0. The number of carbonyl (C=O) groups excluding carboxylic acids is 1. The molecule has 1 amide bonds. The maximum Gasteiger partial charge on any atom is 0.573 e. The quantitative estimate of drug-likeness (QED) is 0.130. The van der Waals surface area contributed by atoms with Crippen LogP contribution >= 0.6 is 0 Å². The van der Waals surface area contributed by atoms with Crippen molar-refractivity contribution in [2.24, 2.45) is 16.5 Å². The minimum absolute atomic E-state index is 0.0198. The van der Waals surface area contributed by atoms with Gasteiger partial charge in [0.1, 0.15) is 23.4 Å². The summed E-state index contributed by atoms with van der Waals surface area (Å²) in [5.41, 5.74) is 12.3. The van der Waals surface area contributed by atoms with Gasteiger partial charge < -0.3 is 26.4 Å². The fourth-order valence-corrected chi connectivity index (χ4v) is 6.06. The molecule has 1 heterocycles. The molecule has 1 atom stereocenters. The first-order valence-electron chi connectivity index (χ1n) is 14.2. The highest BCUT2D eigenvalue weighted by atomic mass is 32.2. The number of nitrogens with one attached hydrogen (secondary N) is 1. The number of allylic oxidation sites excluding steroid dienone is 3. The van der Waals surface area contributed by atoms with Crippen molar-refractivity contribution in [1.29, 1.82) is 0 Å². The molecule has 2 aromatic carbocycles. The number of amides is 1. The number of benzene rings is 2. The number of aliphatic imine (C=N–C) groups is 1. The summed E-state index contributed by atoms with van der Waals surface area (Å²) in [6, 6.07) is 7.54. The smallest absolute Gasteiger partial charge is 0.406 e. The number of halogens is 5. The van der Waals surface area contributed by atoms with Gasteiger partial charge in [-0.2, -0.15) is 4.31 Å². The maximum atomic E-state index is 14.0. The maximum absolute atomic E-state index is 14.0. The number of sulfonamides is 1. The number of ether oxygens (including phenoxy) is 1. The largest absolute Gasteiger partial charge is 0.573 e. The van der Waals surface area contributed by atoms with Crippen molar-refractivity contribution in [2.75, 3.05) is 19.6 Å². The van der Waals surface area contributed by atoms with Gasteiger partial charge in [0, 0.05) is 38.2 Å². The summed E-state index contributed by atoms with van der Waals surface area (Å²) in [6.45, 7) is 8.06. The minimum atomic E-state index is -4.98. The van der Waals surface area contributed by atoms with Gasteiger partial charge in [0.2, 0.25) is 15.9 Å². The van der Waals surface area contributed by atoms with E-state index in [-0.39, 0.29) is 60.4 Å². The van der Waals surface area contributed by atoms with Gasteiger partial charge in [0.05, 0.1) is 10.6 Å². The van der Waals surface area contributed by atoms with E-state index in [1.807, 2.05) is 0 Å². The zero-order valence-corrected chi connectivity index (χ0v) is 26.2. The number of hydrogen-bond donors (Lipinski definition) is 3. The molecule has 254 valence electrons. The molecular formula is C31H35F5N6O4S. The number of carbonyl (C=O) groups is 1. The topological polar surface area (TPSA) is 143 Å². The second-order valence-corrected chi connectivity index (χ2v) is 12.1. The van der Waals surface area contributed by atoms with E-state index in [0.29, 0.717) is 5.56 Å². The van der Waals surface area contributed by atoms with Crippen molar-refractivity contribution in [3.63, 3.8) is 0 Å². The first-order valence-corrected chi connectivity index (χ1v) is 15.6. The number of piperazine rings is 1. The average Bonchev–Trinajstić information content (AvgIpc) is 3.04. The molecule has 16 heteroatoms. The van der Waals surface area contributed by atoms with Crippen molar-refractivity contribution >= 4 is 21.8 Å². The number of alkyl halides is 5. The van der Waals surface area contributed by atoms with Gasteiger partial charge >= 0.3 is 6.36 Å². The molecule has 0 saturated carbocycles. The first kappa shape index (κ1) is 36.8. The van der Waals surface area contributed by atoms with Gasteiger partial charge in [-0.05, 0) is 42.0 Å². The van der Waals surface area contributed by atoms with Gasteiger partial charge in [-0.15, -0.1) is 13.2 Å². The van der Waals surface area contributed by atoms with Crippen molar-refractivity contribution in [3.8, 4) is 5.75 Å². The third kappa shape index (κ3) is 9.65. The normalized spacial score (nSPS) is 17.3. The highest BCUT2D eigenvalue weighted by Crippen LogP contribution is 2.31. The van der Waals surface area contributed by atoms with E-state index in [2.05, 4.69) is 28.2 Å². The third-order valence-electron chi connectivity index (χ3n) is 7.03. The van der Waals surface area contributed by atoms with E-state index >= 15 is 0 Å². The molecule has 0 spiro atoms. The summed E-state index contributed by atoms with van der Waals surface area (Å²) in [7, 11) is -4.44. The van der Waals surface area contributed by atoms with Crippen LogP contribution in [-0.2, 0) is 27.3 Å². The number of hydrogen-bond acceptors (Lipinski definition) is 7. The lowest BCUT2D eigenvalue weighted by Gasteiger charge is -2.40. The monoisotopic (exact) mass is 682 g/mol. The summed E-state index contributed by atoms with van der Waals surface area (Å²) < 4.78 is 98.2. The number of amidine groups is 1. The Morgan fingerprint density at radius 3 is 2.26 bits per heavy atom. The molecule has 1 fully saturated rings. The van der Waals surface area contributed by atoms with Crippen LogP contribution in [0, 0.1) is 0 Å². The summed E-state index contributed by atoms with van der Waals surface area (Å²) >= 11 is 0. The highest BCUT2D eigenvalue weighted by molar-refractivity contribution is 7.89. The zero-order chi connectivity index (χ0) is 35.0. The summed E-state index contributed by atoms with van der Waals surface area (Å²) in [5.74, 6) is -4.27. The van der Waals surface area contributed by atoms with Crippen LogP contribution in [0.15, 0.2) is 107 Å². The van der Waals surface area contributed by atoms with Gasteiger partial charge in [0.25, 0.3) is 5.92 Å². The standard InChI is InChI=1S/C31H35F5N6O4S/c1-4-7-8-25(37)28(38)40-27(5-2)41-17-18-42(47(44,45)24-15-13-23(14-16-24)46-31(34,35)36)26(20-41)29(43)39-19-21-9-11-22(12-10-21)30(32,33)6-3/h4-5,7-16,26H,1-2,6,17-20,37-38H2,3H3,(H,39,43)/b8-7-,28-25-,40-27?. The van der Waals surface area contributed by atoms with E-state index in [1.54, 1.807) is 11.0 Å². The molecule has 1 saturated heterocycles. The molecular weight excluding hydrogens is 647 g/mol. The van der Waals surface area contributed by atoms with Crippen molar-refractivity contribution < 1.29 is 39.9 Å². The van der Waals surface area contributed by atoms with E-state index < -0.39 is 40.0 Å². The fourth-order valence-electron chi connectivity index (χ4n) is 4.49. The Morgan fingerprint density at radius 2 is 1.70 bits per heavy atom. The van der Waals surface area contributed by atoms with E-state index in [4.69, 9.17) is 11.5 Å². The minimum Gasteiger partial charge on any atom is -0.406 e. The molecule has 10 nitrogen and oxygen atoms in total. The Morgan fingerprint density at radius 1 is 1.06 bits per heavy atom. The van der Waals surface area contributed by atoms with Gasteiger partial charge in [-0.1, -0.05) is 56.5 Å². The second-order valence-electron chi connectivity index (χ2n) is 10.2. The molecule has 1 aliphatic rings. The van der Waals surface area contributed by atoms with Crippen molar-refractivity contribution in [3.05, 3.63) is 109 Å². The van der Waals surface area contributed by atoms with Gasteiger partial charge in [-0.3, -0.25) is 4.79 Å². The predicted octanol–water partition coefficient (Wildman–Crippen LogP) is 4.49. The van der Waals surface area contributed by atoms with Crippen LogP contribution in [0.25, 0.3) is 0 Å². The van der Waals surface area contributed by atoms with E-state index in [9.17, 15) is 35.2 Å². The molecule has 1 unspecified atom stereocenters. The number of nitrogens with zero attached hydrogens (tertiary/aromatic N) is 3. The Balaban J connectivity index is 1.93. The lowest BCUT2D eigenvalue weighted by Crippen LogP contribution is -2.61. The SMILES string of the molecule is C=C/C=C\C(N)=C(/N)N=C(C=C)N1CCN(S(=O)(=O)c2ccc(OC(F)(F)F)cc2)C(C(=O)NCc2ccc(C(F)(F)CC)cc2)C1. The van der Waals surface area contributed by atoms with E-state index in [0.717, 1.165) is 28.6 Å². The van der Waals surface area contributed by atoms with Gasteiger partial charge in [0.15, 0.2) is 0 Å². The second kappa shape index (κ2) is 15.3. The molecule has 47 heavy (non-hydrogen) atoms. The van der Waals surface area contributed by atoms with E-state index in [1.165, 1.54) is 49.4 Å². The van der Waals surface area contributed by atoms with Crippen molar-refractivity contribution in [1.82, 2.24) is 14.5 Å². The molecule has 5 N–H and O–H groups in total. The van der Waals surface area contributed by atoms with Crippen LogP contribution in [0.1, 0.15) is 24.5 Å². The molecule has 0 aliphatic carbocycles. The zero-order valence-electron chi connectivity index (χ0n) is 25.4. The lowest BCUT2D eigenvalue weighted by molar-refractivity contribution is -0.274. The van der Waals surface area contributed by atoms with Crippen LogP contribution in [0.4, 0.5) is 22.0 Å². The summed E-state index contributed by atoms with van der Waals surface area (Å²) in [5, 5.41) is 2.65. The first-order chi connectivity index (χ1) is 22.0. The van der Waals surface area contributed by atoms with Crippen LogP contribution < -0.4 is 21.5 Å². The number of nitrogens with two attached hydrogens (primary N) is 2. The molecule has 1 aliphatic heterocycles. The Bertz CT molecular complexity index is 1640. The highest BCUT2D eigenvalue weighted by Gasteiger charge is 2.41. The summed E-state index contributed by atoms with van der Waals surface area (Å²) in [6.07, 6.45) is 0.469.